The Morgan fingerprint density at radius 2 is 1.14 bits per heavy atom. The number of rotatable bonds is 6. The Morgan fingerprint density at radius 1 is 0.679 bits per heavy atom. The predicted molar refractivity (Wildman–Crippen MR) is 110 cm³/mol. The normalized spacial score (nSPS) is 11.5. The number of aliphatic hydroxyl groups is 1. The van der Waals surface area contributed by atoms with E-state index in [1.165, 1.54) is 0 Å². The molecular weight excluding hydrogens is 350 g/mol. The molecule has 0 aliphatic heterocycles. The first-order valence-electron chi connectivity index (χ1n) is 8.77. The number of hydrogen-bond acceptors (Lipinski definition) is 4. The van der Waals surface area contributed by atoms with Crippen LogP contribution in [0.3, 0.4) is 0 Å². The molecule has 4 heteroatoms. The summed E-state index contributed by atoms with van der Waals surface area (Å²) in [6.45, 7) is 1.89. The van der Waals surface area contributed by atoms with E-state index >= 15 is 0 Å². The molecule has 0 spiro atoms. The summed E-state index contributed by atoms with van der Waals surface area (Å²) in [6, 6.07) is 23.5. The van der Waals surface area contributed by atoms with Crippen LogP contribution in [-0.4, -0.2) is 22.4 Å². The van der Waals surface area contributed by atoms with Gasteiger partial charge in [0.1, 0.15) is 11.5 Å². The number of carbonyl (C=O) groups is 2. The van der Waals surface area contributed by atoms with E-state index in [2.05, 4.69) is 0 Å². The summed E-state index contributed by atoms with van der Waals surface area (Å²) >= 11 is 0. The molecule has 0 bridgehead atoms. The molecule has 3 rings (SSSR count). The van der Waals surface area contributed by atoms with Crippen LogP contribution in [0.25, 0.3) is 5.76 Å². The van der Waals surface area contributed by atoms with Crippen LogP contribution in [0.5, 0.6) is 0 Å². The van der Waals surface area contributed by atoms with E-state index < -0.39 is 17.3 Å². The number of aliphatic hydroxyl groups excluding tert-OH is 1. The number of allylic oxidation sites excluding steroid dienone is 1. The van der Waals surface area contributed by atoms with Crippen LogP contribution in [0.1, 0.15) is 31.8 Å². The molecule has 0 saturated carbocycles. The third-order valence-corrected chi connectivity index (χ3v) is 4.34. The molecule has 3 aromatic carbocycles. The van der Waals surface area contributed by atoms with Crippen LogP contribution >= 0.6 is 0 Å². The highest BCUT2D eigenvalue weighted by Gasteiger charge is 2.27. The number of benzene rings is 3. The minimum atomic E-state index is -0.623. The average molecular weight is 369 g/mol. The van der Waals surface area contributed by atoms with Crippen LogP contribution in [0.2, 0.25) is 0 Å². The van der Waals surface area contributed by atoms with Crippen molar-refractivity contribution in [1.82, 2.24) is 0 Å². The van der Waals surface area contributed by atoms with Gasteiger partial charge in [0, 0.05) is 16.7 Å². The molecular formula is C24H19NO3. The highest BCUT2D eigenvalue weighted by atomic mass is 16.3. The maximum absolute atomic E-state index is 13.1. The van der Waals surface area contributed by atoms with Gasteiger partial charge in [0.2, 0.25) is 5.78 Å². The molecule has 3 aromatic rings. The number of aryl methyl sites for hydroxylation is 1. The van der Waals surface area contributed by atoms with Crippen molar-refractivity contribution in [1.29, 1.82) is 5.41 Å². The van der Waals surface area contributed by atoms with Gasteiger partial charge in [-0.15, -0.1) is 0 Å². The van der Waals surface area contributed by atoms with Crippen LogP contribution in [-0.2, 0) is 0 Å². The van der Waals surface area contributed by atoms with Gasteiger partial charge in [-0.05, 0) is 6.92 Å². The second kappa shape index (κ2) is 8.27. The molecule has 0 fully saturated rings. The Morgan fingerprint density at radius 3 is 1.68 bits per heavy atom. The Bertz CT molecular complexity index is 1050. The summed E-state index contributed by atoms with van der Waals surface area (Å²) in [5.74, 6) is -1.59. The zero-order valence-corrected chi connectivity index (χ0v) is 15.3. The Labute approximate surface area is 163 Å². The first kappa shape index (κ1) is 19.0. The Balaban J connectivity index is 2.11. The molecule has 0 unspecified atom stereocenters. The first-order valence-corrected chi connectivity index (χ1v) is 8.77. The van der Waals surface area contributed by atoms with Crippen molar-refractivity contribution in [3.63, 3.8) is 0 Å². The van der Waals surface area contributed by atoms with E-state index in [9.17, 15) is 14.7 Å². The van der Waals surface area contributed by atoms with Gasteiger partial charge in [-0.3, -0.25) is 15.0 Å². The molecule has 0 aliphatic rings. The minimum absolute atomic E-state index is 0.287. The molecule has 138 valence electrons. The third kappa shape index (κ3) is 3.96. The van der Waals surface area contributed by atoms with Crippen molar-refractivity contribution in [2.75, 3.05) is 0 Å². The lowest BCUT2D eigenvalue weighted by Gasteiger charge is -2.12. The zero-order chi connectivity index (χ0) is 20.1. The van der Waals surface area contributed by atoms with E-state index in [-0.39, 0.29) is 16.9 Å². The zero-order valence-electron chi connectivity index (χ0n) is 15.3. The minimum Gasteiger partial charge on any atom is -0.506 e. The van der Waals surface area contributed by atoms with E-state index in [0.717, 1.165) is 5.56 Å². The Hall–Kier alpha value is -3.79. The first-order chi connectivity index (χ1) is 13.5. The monoisotopic (exact) mass is 369 g/mol. The fourth-order valence-electron chi connectivity index (χ4n) is 2.78. The van der Waals surface area contributed by atoms with E-state index in [1.54, 1.807) is 84.9 Å². The number of ketones is 2. The van der Waals surface area contributed by atoms with Crippen LogP contribution in [0, 0.1) is 12.3 Å². The summed E-state index contributed by atoms with van der Waals surface area (Å²) in [5, 5.41) is 19.2. The summed E-state index contributed by atoms with van der Waals surface area (Å²) in [5.41, 5.74) is 1.06. The molecule has 0 atom stereocenters. The summed E-state index contributed by atoms with van der Waals surface area (Å²) in [7, 11) is 0. The fraction of sp³-hybridized carbons (Fsp3) is 0.0417. The molecule has 0 aromatic heterocycles. The highest BCUT2D eigenvalue weighted by molar-refractivity contribution is 6.57. The molecule has 2 N–H and O–H groups in total. The number of nitrogens with one attached hydrogen (secondary N) is 1. The SMILES string of the molecule is Cc1ccc(C(=O)C(=N)/C(C(=O)c2ccccc2)=C(/O)c2ccccc2)cc1. The highest BCUT2D eigenvalue weighted by Crippen LogP contribution is 2.22. The second-order valence-electron chi connectivity index (χ2n) is 6.35. The van der Waals surface area contributed by atoms with Gasteiger partial charge in [0.15, 0.2) is 5.78 Å². The van der Waals surface area contributed by atoms with Gasteiger partial charge in [-0.1, -0.05) is 90.5 Å². The van der Waals surface area contributed by atoms with Gasteiger partial charge in [0.25, 0.3) is 0 Å². The lowest BCUT2D eigenvalue weighted by atomic mass is 9.91. The van der Waals surface area contributed by atoms with Crippen molar-refractivity contribution in [2.45, 2.75) is 6.92 Å². The van der Waals surface area contributed by atoms with Crippen molar-refractivity contribution in [3.8, 4) is 0 Å². The predicted octanol–water partition coefficient (Wildman–Crippen LogP) is 5.05. The van der Waals surface area contributed by atoms with Gasteiger partial charge in [-0.2, -0.15) is 0 Å². The van der Waals surface area contributed by atoms with E-state index in [0.29, 0.717) is 11.1 Å². The third-order valence-electron chi connectivity index (χ3n) is 4.34. The van der Waals surface area contributed by atoms with Gasteiger partial charge in [0.05, 0.1) is 5.57 Å². The molecule has 0 amide bonds. The van der Waals surface area contributed by atoms with Gasteiger partial charge in [-0.25, -0.2) is 0 Å². The van der Waals surface area contributed by atoms with Crippen molar-refractivity contribution >= 4 is 23.0 Å². The van der Waals surface area contributed by atoms with Crippen LogP contribution in [0.4, 0.5) is 0 Å². The standard InChI is InChI=1S/C24H19NO3/c1-16-12-14-19(15-13-16)24(28)21(25)20(22(26)17-8-4-2-5-9-17)23(27)18-10-6-3-7-11-18/h2-15,25-26H,1H3/b22-20-,25-21?. The van der Waals surface area contributed by atoms with Gasteiger partial charge >= 0.3 is 0 Å². The van der Waals surface area contributed by atoms with Crippen molar-refractivity contribution in [2.24, 2.45) is 0 Å². The molecule has 0 saturated heterocycles. The van der Waals surface area contributed by atoms with E-state index in [1.807, 2.05) is 6.92 Å². The molecule has 0 heterocycles. The molecule has 0 aliphatic carbocycles. The lowest BCUT2D eigenvalue weighted by molar-refractivity contribution is 0.102. The Kier molecular flexibility index (Phi) is 5.61. The topological polar surface area (TPSA) is 78.2 Å². The van der Waals surface area contributed by atoms with Crippen molar-refractivity contribution < 1.29 is 14.7 Å². The summed E-state index contributed by atoms with van der Waals surface area (Å²) in [4.78, 5) is 25.9. The second-order valence-corrected chi connectivity index (χ2v) is 6.35. The van der Waals surface area contributed by atoms with Crippen LogP contribution < -0.4 is 0 Å². The smallest absolute Gasteiger partial charge is 0.211 e. The summed E-state index contributed by atoms with van der Waals surface area (Å²) < 4.78 is 0. The average Bonchev–Trinajstić information content (AvgIpc) is 2.75. The number of hydrogen-bond donors (Lipinski definition) is 2. The lowest BCUT2D eigenvalue weighted by Crippen LogP contribution is -2.23. The number of Topliss-reactive ketones (excluding diaryl/α,β-unsaturated/α-hetero) is 2. The quantitative estimate of drug-likeness (QED) is 0.276. The largest absolute Gasteiger partial charge is 0.506 e. The van der Waals surface area contributed by atoms with E-state index in [4.69, 9.17) is 5.41 Å². The summed E-state index contributed by atoms with van der Waals surface area (Å²) in [6.07, 6.45) is 0. The fourth-order valence-corrected chi connectivity index (χ4v) is 2.78. The van der Waals surface area contributed by atoms with Gasteiger partial charge < -0.3 is 5.11 Å². The maximum Gasteiger partial charge on any atom is 0.211 e. The number of carbonyl (C=O) groups excluding carboxylic acids is 2. The maximum atomic E-state index is 13.1. The molecule has 0 radical (unpaired) electrons. The van der Waals surface area contributed by atoms with Crippen molar-refractivity contribution in [3.05, 3.63) is 113 Å². The molecule has 28 heavy (non-hydrogen) atoms. The molecule has 4 nitrogen and oxygen atoms in total. The van der Waals surface area contributed by atoms with Crippen LogP contribution in [0.15, 0.2) is 90.5 Å².